The van der Waals surface area contributed by atoms with Gasteiger partial charge >= 0.3 is 0 Å². The third kappa shape index (κ3) is 3.56. The van der Waals surface area contributed by atoms with E-state index in [9.17, 15) is 4.79 Å². The molecule has 1 amide bonds. The number of halogens is 2. The molecule has 0 unspecified atom stereocenters. The van der Waals surface area contributed by atoms with Crippen LogP contribution in [-0.2, 0) is 11.3 Å². The molecule has 0 aliphatic carbocycles. The van der Waals surface area contributed by atoms with E-state index in [1.165, 1.54) is 22.7 Å². The van der Waals surface area contributed by atoms with E-state index in [4.69, 9.17) is 27.9 Å². The SMILES string of the molecule is COCCn1c(=NC(=O)c2sc3ccccc3c2Cl)sc2cc(Cl)ccc21. The number of carbonyl (C=O) groups is 1. The number of hydrogen-bond acceptors (Lipinski definition) is 4. The Morgan fingerprint density at radius 3 is 2.74 bits per heavy atom. The summed E-state index contributed by atoms with van der Waals surface area (Å²) in [6, 6.07) is 13.3. The summed E-state index contributed by atoms with van der Waals surface area (Å²) < 4.78 is 9.11. The van der Waals surface area contributed by atoms with E-state index in [1.807, 2.05) is 47.0 Å². The van der Waals surface area contributed by atoms with Crippen LogP contribution in [0.4, 0.5) is 0 Å². The molecule has 2 heterocycles. The molecular weight excluding hydrogens is 423 g/mol. The van der Waals surface area contributed by atoms with Gasteiger partial charge in [-0.1, -0.05) is 52.7 Å². The van der Waals surface area contributed by atoms with Crippen molar-refractivity contribution < 1.29 is 9.53 Å². The summed E-state index contributed by atoms with van der Waals surface area (Å²) in [5.41, 5.74) is 0.968. The van der Waals surface area contributed by atoms with Crippen molar-refractivity contribution in [3.8, 4) is 0 Å². The Kier molecular flexibility index (Phi) is 5.34. The maximum absolute atomic E-state index is 12.9. The number of aromatic nitrogens is 1. The van der Waals surface area contributed by atoms with Crippen molar-refractivity contribution in [2.24, 2.45) is 4.99 Å². The molecule has 4 aromatic rings. The maximum Gasteiger partial charge on any atom is 0.291 e. The predicted molar refractivity (Wildman–Crippen MR) is 113 cm³/mol. The van der Waals surface area contributed by atoms with Crippen molar-refractivity contribution in [3.63, 3.8) is 0 Å². The summed E-state index contributed by atoms with van der Waals surface area (Å²) in [6.45, 7) is 1.10. The van der Waals surface area contributed by atoms with Gasteiger partial charge in [-0.05, 0) is 24.3 Å². The van der Waals surface area contributed by atoms with Crippen molar-refractivity contribution in [2.75, 3.05) is 13.7 Å². The fraction of sp³-hybridized carbons (Fsp3) is 0.158. The first-order valence-electron chi connectivity index (χ1n) is 8.12. The molecular formula is C19H14Cl2N2O2S2. The molecule has 138 valence electrons. The lowest BCUT2D eigenvalue weighted by Crippen LogP contribution is -2.19. The Morgan fingerprint density at radius 2 is 1.96 bits per heavy atom. The molecule has 4 nitrogen and oxygen atoms in total. The van der Waals surface area contributed by atoms with Crippen LogP contribution in [0.3, 0.4) is 0 Å². The number of amides is 1. The summed E-state index contributed by atoms with van der Waals surface area (Å²) in [6.07, 6.45) is 0. The van der Waals surface area contributed by atoms with Crippen molar-refractivity contribution >= 4 is 72.1 Å². The molecule has 8 heteroatoms. The Morgan fingerprint density at radius 1 is 1.15 bits per heavy atom. The molecule has 0 saturated carbocycles. The molecule has 2 aromatic heterocycles. The smallest absolute Gasteiger partial charge is 0.291 e. The summed E-state index contributed by atoms with van der Waals surface area (Å²) >= 11 is 15.3. The average Bonchev–Trinajstić information content (AvgIpc) is 3.17. The normalized spacial score (nSPS) is 12.3. The topological polar surface area (TPSA) is 43.6 Å². The molecule has 0 saturated heterocycles. The van der Waals surface area contributed by atoms with Crippen LogP contribution in [0.5, 0.6) is 0 Å². The highest BCUT2D eigenvalue weighted by Gasteiger charge is 2.17. The van der Waals surface area contributed by atoms with E-state index in [0.29, 0.717) is 32.9 Å². The number of hydrogen-bond donors (Lipinski definition) is 0. The Bertz CT molecular complexity index is 1220. The lowest BCUT2D eigenvalue weighted by Gasteiger charge is -2.04. The third-order valence-corrected chi connectivity index (χ3v) is 7.03. The molecule has 0 aliphatic heterocycles. The molecule has 0 N–H and O–H groups in total. The third-order valence-electron chi connectivity index (χ3n) is 4.09. The van der Waals surface area contributed by atoms with Crippen molar-refractivity contribution in [3.05, 3.63) is 62.2 Å². The molecule has 4 rings (SSSR count). The zero-order valence-corrected chi connectivity index (χ0v) is 17.4. The van der Waals surface area contributed by atoms with Gasteiger partial charge in [0, 0.05) is 28.8 Å². The molecule has 0 atom stereocenters. The van der Waals surface area contributed by atoms with Gasteiger partial charge in [0.15, 0.2) is 4.80 Å². The van der Waals surface area contributed by atoms with E-state index in [1.54, 1.807) is 7.11 Å². The first kappa shape index (κ1) is 18.7. The molecule has 0 bridgehead atoms. The van der Waals surface area contributed by atoms with E-state index in [2.05, 4.69) is 4.99 Å². The lowest BCUT2D eigenvalue weighted by molar-refractivity contribution is 0.100. The second-order valence-corrected chi connectivity index (χ2v) is 8.68. The zero-order chi connectivity index (χ0) is 19.0. The number of nitrogens with zero attached hydrogens (tertiary/aromatic N) is 2. The summed E-state index contributed by atoms with van der Waals surface area (Å²) in [4.78, 5) is 18.3. The molecule has 0 spiro atoms. The summed E-state index contributed by atoms with van der Waals surface area (Å²) in [5, 5.41) is 1.98. The molecule has 0 radical (unpaired) electrons. The van der Waals surface area contributed by atoms with Crippen LogP contribution in [0.25, 0.3) is 20.3 Å². The standard InChI is InChI=1S/C19H14Cl2N2O2S2/c1-25-9-8-23-13-7-6-11(20)10-15(13)27-19(23)22-18(24)17-16(21)12-4-2-3-5-14(12)26-17/h2-7,10H,8-9H2,1H3. The maximum atomic E-state index is 12.9. The van der Waals surface area contributed by atoms with Gasteiger partial charge < -0.3 is 9.30 Å². The van der Waals surface area contributed by atoms with Gasteiger partial charge in [0.25, 0.3) is 5.91 Å². The van der Waals surface area contributed by atoms with Crippen LogP contribution in [0.2, 0.25) is 10.0 Å². The summed E-state index contributed by atoms with van der Waals surface area (Å²) in [7, 11) is 1.64. The minimum absolute atomic E-state index is 0.343. The van der Waals surface area contributed by atoms with E-state index >= 15 is 0 Å². The Hall–Kier alpha value is -1.70. The molecule has 27 heavy (non-hydrogen) atoms. The quantitative estimate of drug-likeness (QED) is 0.417. The van der Waals surface area contributed by atoms with Crippen LogP contribution in [0.15, 0.2) is 47.5 Å². The number of thiazole rings is 1. The van der Waals surface area contributed by atoms with Crippen LogP contribution >= 0.6 is 45.9 Å². The van der Waals surface area contributed by atoms with Crippen LogP contribution in [-0.4, -0.2) is 24.2 Å². The van der Waals surface area contributed by atoms with Crippen molar-refractivity contribution in [1.29, 1.82) is 0 Å². The van der Waals surface area contributed by atoms with E-state index in [-0.39, 0.29) is 5.91 Å². The number of fused-ring (bicyclic) bond motifs is 2. The zero-order valence-electron chi connectivity index (χ0n) is 14.2. The number of thiophene rings is 1. The fourth-order valence-corrected chi connectivity index (χ4v) is 5.55. The molecule has 0 fully saturated rings. The van der Waals surface area contributed by atoms with Crippen molar-refractivity contribution in [1.82, 2.24) is 4.57 Å². The summed E-state index contributed by atoms with van der Waals surface area (Å²) in [5.74, 6) is -0.343. The van der Waals surface area contributed by atoms with Gasteiger partial charge in [-0.2, -0.15) is 4.99 Å². The highest BCUT2D eigenvalue weighted by atomic mass is 35.5. The second-order valence-electron chi connectivity index (χ2n) is 5.80. The molecule has 0 aliphatic rings. The first-order valence-corrected chi connectivity index (χ1v) is 10.5. The van der Waals surface area contributed by atoms with Crippen LogP contribution in [0.1, 0.15) is 9.67 Å². The number of rotatable bonds is 4. The fourth-order valence-electron chi connectivity index (χ4n) is 2.82. The van der Waals surface area contributed by atoms with Crippen LogP contribution in [0, 0.1) is 0 Å². The highest BCUT2D eigenvalue weighted by Crippen LogP contribution is 2.35. The van der Waals surface area contributed by atoms with E-state index < -0.39 is 0 Å². The number of carbonyl (C=O) groups excluding carboxylic acids is 1. The van der Waals surface area contributed by atoms with Gasteiger partial charge in [0.1, 0.15) is 4.88 Å². The van der Waals surface area contributed by atoms with Crippen molar-refractivity contribution in [2.45, 2.75) is 6.54 Å². The van der Waals surface area contributed by atoms with Gasteiger partial charge in [0.2, 0.25) is 0 Å². The number of benzene rings is 2. The first-order chi connectivity index (χ1) is 13.1. The van der Waals surface area contributed by atoms with E-state index in [0.717, 1.165) is 20.3 Å². The Labute approximate surface area is 173 Å². The second kappa shape index (κ2) is 7.73. The minimum Gasteiger partial charge on any atom is -0.383 e. The minimum atomic E-state index is -0.343. The van der Waals surface area contributed by atoms with Gasteiger partial charge in [-0.3, -0.25) is 4.79 Å². The largest absolute Gasteiger partial charge is 0.383 e. The predicted octanol–water partition coefficient (Wildman–Crippen LogP) is 5.61. The van der Waals surface area contributed by atoms with Gasteiger partial charge in [0.05, 0.1) is 21.8 Å². The molecule has 2 aromatic carbocycles. The van der Waals surface area contributed by atoms with Gasteiger partial charge in [-0.15, -0.1) is 11.3 Å². The highest BCUT2D eigenvalue weighted by molar-refractivity contribution is 7.21. The monoisotopic (exact) mass is 436 g/mol. The lowest BCUT2D eigenvalue weighted by atomic mass is 10.2. The van der Waals surface area contributed by atoms with Crippen LogP contribution < -0.4 is 4.80 Å². The Balaban J connectivity index is 1.85. The average molecular weight is 437 g/mol. The number of methoxy groups -OCH3 is 1. The number of ether oxygens (including phenoxy) is 1. The van der Waals surface area contributed by atoms with Gasteiger partial charge in [-0.25, -0.2) is 0 Å².